The van der Waals surface area contributed by atoms with Crippen LogP contribution in [0.25, 0.3) is 0 Å². The Morgan fingerprint density at radius 3 is 2.85 bits per heavy atom. The van der Waals surface area contributed by atoms with Crippen LogP contribution in [0.3, 0.4) is 0 Å². The quantitative estimate of drug-likeness (QED) is 0.826. The van der Waals surface area contributed by atoms with Crippen LogP contribution >= 0.6 is 0 Å². The second-order valence-electron chi connectivity index (χ2n) is 4.96. The molecule has 0 unspecified atom stereocenters. The highest BCUT2D eigenvalue weighted by Crippen LogP contribution is 2.13. The fraction of sp³-hybridized carbons (Fsp3) is 0.615. The maximum absolute atomic E-state index is 12.1. The zero-order valence-electron chi connectivity index (χ0n) is 11.7. The molecule has 1 saturated heterocycles. The summed E-state index contributed by atoms with van der Waals surface area (Å²) in [5, 5.41) is 16.0. The van der Waals surface area contributed by atoms with Gasteiger partial charge in [0.25, 0.3) is 0 Å². The number of carbonyl (C=O) groups excluding carboxylic acids is 1. The minimum absolute atomic E-state index is 0.0559. The van der Waals surface area contributed by atoms with E-state index in [1.165, 1.54) is 0 Å². The molecule has 7 nitrogen and oxygen atoms in total. The molecule has 20 heavy (non-hydrogen) atoms. The van der Waals surface area contributed by atoms with Crippen molar-refractivity contribution in [1.29, 1.82) is 0 Å². The molecule has 2 heterocycles. The van der Waals surface area contributed by atoms with E-state index in [0.717, 1.165) is 17.0 Å². The molecular formula is C13H19N3O4. The number of carbonyl (C=O) groups is 2. The Hall–Kier alpha value is -1.89. The standard InChI is InChI=1S/C13H19N3O4/c1-8-9(2)14-15-10(8)3-4-12(17)16-5-6-20-11(7-16)13(18)19/h11H,3-7H2,1-2H3,(H,14,15)(H,18,19)/t11-/m0/s1. The summed E-state index contributed by atoms with van der Waals surface area (Å²) >= 11 is 0. The predicted octanol–water partition coefficient (Wildman–Crippen LogP) is 0.271. The lowest BCUT2D eigenvalue weighted by Crippen LogP contribution is -2.48. The number of morpholine rings is 1. The molecule has 1 aromatic heterocycles. The summed E-state index contributed by atoms with van der Waals surface area (Å²) in [7, 11) is 0. The number of ether oxygens (including phenoxy) is 1. The third-order valence-corrected chi connectivity index (χ3v) is 3.62. The van der Waals surface area contributed by atoms with E-state index < -0.39 is 12.1 Å². The zero-order valence-corrected chi connectivity index (χ0v) is 11.7. The second kappa shape index (κ2) is 6.04. The van der Waals surface area contributed by atoms with E-state index in [1.54, 1.807) is 4.90 Å². The molecule has 1 atom stereocenters. The highest BCUT2D eigenvalue weighted by molar-refractivity contribution is 5.78. The van der Waals surface area contributed by atoms with E-state index in [1.807, 2.05) is 13.8 Å². The summed E-state index contributed by atoms with van der Waals surface area (Å²) < 4.78 is 5.09. The number of H-pyrrole nitrogens is 1. The molecule has 0 aromatic carbocycles. The molecular weight excluding hydrogens is 262 g/mol. The van der Waals surface area contributed by atoms with Crippen molar-refractivity contribution in [2.24, 2.45) is 0 Å². The first-order valence-corrected chi connectivity index (χ1v) is 6.61. The molecule has 110 valence electrons. The van der Waals surface area contributed by atoms with Gasteiger partial charge in [-0.3, -0.25) is 9.89 Å². The number of aromatic amines is 1. The first kappa shape index (κ1) is 14.5. The lowest BCUT2D eigenvalue weighted by atomic mass is 10.1. The molecule has 0 aliphatic carbocycles. The zero-order chi connectivity index (χ0) is 14.7. The van der Waals surface area contributed by atoms with Gasteiger partial charge < -0.3 is 14.7 Å². The average molecular weight is 281 g/mol. The van der Waals surface area contributed by atoms with Crippen molar-refractivity contribution < 1.29 is 19.4 Å². The maximum Gasteiger partial charge on any atom is 0.334 e. The number of carboxylic acids is 1. The number of aromatic nitrogens is 2. The molecule has 1 aliphatic rings. The Morgan fingerprint density at radius 1 is 1.50 bits per heavy atom. The molecule has 0 radical (unpaired) electrons. The lowest BCUT2D eigenvalue weighted by molar-refractivity contribution is -0.159. The number of amides is 1. The van der Waals surface area contributed by atoms with Gasteiger partial charge in [0.1, 0.15) is 0 Å². The van der Waals surface area contributed by atoms with Crippen molar-refractivity contribution in [2.45, 2.75) is 32.8 Å². The number of hydrogen-bond acceptors (Lipinski definition) is 4. The predicted molar refractivity (Wildman–Crippen MR) is 70.3 cm³/mol. The molecule has 0 bridgehead atoms. The van der Waals surface area contributed by atoms with Crippen LogP contribution in [0.1, 0.15) is 23.4 Å². The summed E-state index contributed by atoms with van der Waals surface area (Å²) in [5.41, 5.74) is 2.96. The van der Waals surface area contributed by atoms with E-state index in [4.69, 9.17) is 9.84 Å². The largest absolute Gasteiger partial charge is 0.479 e. The van der Waals surface area contributed by atoms with Gasteiger partial charge in [-0.1, -0.05) is 0 Å². The van der Waals surface area contributed by atoms with Crippen molar-refractivity contribution in [3.8, 4) is 0 Å². The monoisotopic (exact) mass is 281 g/mol. The smallest absolute Gasteiger partial charge is 0.334 e. The van der Waals surface area contributed by atoms with Gasteiger partial charge in [0.15, 0.2) is 6.10 Å². The van der Waals surface area contributed by atoms with Gasteiger partial charge in [0, 0.05) is 25.1 Å². The topological polar surface area (TPSA) is 95.5 Å². The van der Waals surface area contributed by atoms with Crippen molar-refractivity contribution in [3.05, 3.63) is 17.0 Å². The molecule has 1 aliphatic heterocycles. The molecule has 1 fully saturated rings. The Bertz CT molecular complexity index is 512. The van der Waals surface area contributed by atoms with Crippen LogP contribution < -0.4 is 0 Å². The lowest BCUT2D eigenvalue weighted by Gasteiger charge is -2.30. The Labute approximate surface area is 116 Å². The van der Waals surface area contributed by atoms with Gasteiger partial charge in [-0.15, -0.1) is 0 Å². The highest BCUT2D eigenvalue weighted by Gasteiger charge is 2.28. The van der Waals surface area contributed by atoms with E-state index in [0.29, 0.717) is 19.4 Å². The number of nitrogens with one attached hydrogen (secondary N) is 1. The number of rotatable bonds is 4. The average Bonchev–Trinajstić information content (AvgIpc) is 2.76. The van der Waals surface area contributed by atoms with E-state index in [9.17, 15) is 9.59 Å². The maximum atomic E-state index is 12.1. The number of aliphatic carboxylic acids is 1. The van der Waals surface area contributed by atoms with Crippen LogP contribution in [0.15, 0.2) is 0 Å². The second-order valence-corrected chi connectivity index (χ2v) is 4.96. The minimum atomic E-state index is -1.03. The third kappa shape index (κ3) is 3.16. The Kier molecular flexibility index (Phi) is 4.39. The van der Waals surface area contributed by atoms with Gasteiger partial charge >= 0.3 is 5.97 Å². The first-order valence-electron chi connectivity index (χ1n) is 6.61. The number of nitrogens with zero attached hydrogens (tertiary/aromatic N) is 2. The first-order chi connectivity index (χ1) is 9.49. The van der Waals surface area contributed by atoms with Gasteiger partial charge in [0.2, 0.25) is 5.91 Å². The van der Waals surface area contributed by atoms with Gasteiger partial charge in [-0.05, 0) is 19.4 Å². The summed E-state index contributed by atoms with van der Waals surface area (Å²) in [6.45, 7) is 4.73. The SMILES string of the molecule is Cc1[nH]nc(CCC(=O)N2CCO[C@H](C(=O)O)C2)c1C. The molecule has 0 saturated carbocycles. The van der Waals surface area contributed by atoms with Crippen LogP contribution in [-0.2, 0) is 20.7 Å². The van der Waals surface area contributed by atoms with Gasteiger partial charge in [-0.2, -0.15) is 5.10 Å². The van der Waals surface area contributed by atoms with Crippen LogP contribution in [-0.4, -0.2) is 57.9 Å². The van der Waals surface area contributed by atoms with Gasteiger partial charge in [0.05, 0.1) is 18.8 Å². The Morgan fingerprint density at radius 2 is 2.25 bits per heavy atom. The van der Waals surface area contributed by atoms with Crippen LogP contribution in [0.2, 0.25) is 0 Å². The number of aryl methyl sites for hydroxylation is 2. The van der Waals surface area contributed by atoms with Crippen molar-refractivity contribution in [1.82, 2.24) is 15.1 Å². The highest BCUT2D eigenvalue weighted by atomic mass is 16.5. The molecule has 1 aromatic rings. The third-order valence-electron chi connectivity index (χ3n) is 3.62. The summed E-state index contributed by atoms with van der Waals surface area (Å²) in [5.74, 6) is -1.08. The van der Waals surface area contributed by atoms with Crippen molar-refractivity contribution in [3.63, 3.8) is 0 Å². The minimum Gasteiger partial charge on any atom is -0.479 e. The van der Waals surface area contributed by atoms with E-state index in [2.05, 4.69) is 10.2 Å². The summed E-state index contributed by atoms with van der Waals surface area (Å²) in [6, 6.07) is 0. The molecule has 0 spiro atoms. The molecule has 7 heteroatoms. The summed E-state index contributed by atoms with van der Waals surface area (Å²) in [6.07, 6.45) is -0.0243. The fourth-order valence-electron chi connectivity index (χ4n) is 2.19. The van der Waals surface area contributed by atoms with Crippen molar-refractivity contribution in [2.75, 3.05) is 19.7 Å². The number of hydrogen-bond donors (Lipinski definition) is 2. The molecule has 2 rings (SSSR count). The summed E-state index contributed by atoms with van der Waals surface area (Å²) in [4.78, 5) is 24.5. The van der Waals surface area contributed by atoms with Crippen LogP contribution in [0.4, 0.5) is 0 Å². The van der Waals surface area contributed by atoms with Crippen LogP contribution in [0, 0.1) is 13.8 Å². The normalized spacial score (nSPS) is 19.1. The molecule has 2 N–H and O–H groups in total. The van der Waals surface area contributed by atoms with E-state index in [-0.39, 0.29) is 19.1 Å². The van der Waals surface area contributed by atoms with Gasteiger partial charge in [-0.25, -0.2) is 4.79 Å². The van der Waals surface area contributed by atoms with Crippen molar-refractivity contribution >= 4 is 11.9 Å². The molecule has 1 amide bonds. The van der Waals surface area contributed by atoms with Crippen LogP contribution in [0.5, 0.6) is 0 Å². The van der Waals surface area contributed by atoms with E-state index >= 15 is 0 Å². The fourth-order valence-corrected chi connectivity index (χ4v) is 2.19. The number of carboxylic acid groups (broad SMARTS) is 1. The Balaban J connectivity index is 1.88.